The van der Waals surface area contributed by atoms with E-state index in [1.165, 1.54) is 0 Å². The minimum Gasteiger partial charge on any atom is -0.392 e. The molecule has 0 unspecified atom stereocenters. The Hall–Kier alpha value is -3.16. The molecule has 0 amide bonds. The number of nitrogens with zero attached hydrogens (tertiary/aromatic N) is 2. The molecule has 0 fully saturated rings. The summed E-state index contributed by atoms with van der Waals surface area (Å²) in [5.41, 5.74) is 8.97. The van der Waals surface area contributed by atoms with Crippen LogP contribution in [0.3, 0.4) is 0 Å². The Morgan fingerprint density at radius 2 is 0.833 bits per heavy atom. The topological polar surface area (TPSA) is 90.8 Å². The third kappa shape index (κ3) is 4.53. The number of aliphatic hydroxyl groups excluding tert-OH is 4. The fraction of sp³-hybridized carbons (Fsp3) is 0.333. The minimum absolute atomic E-state index is 0.131. The molecule has 0 aliphatic rings. The van der Waals surface area contributed by atoms with Gasteiger partial charge in [0.25, 0.3) is 0 Å². The van der Waals surface area contributed by atoms with E-state index in [1.807, 2.05) is 60.7 Å². The summed E-state index contributed by atoms with van der Waals surface area (Å²) < 4.78 is 4.44. The summed E-state index contributed by atoms with van der Waals surface area (Å²) in [4.78, 5) is 0. The van der Waals surface area contributed by atoms with Crippen molar-refractivity contribution in [1.29, 1.82) is 0 Å². The van der Waals surface area contributed by atoms with Gasteiger partial charge in [0.2, 0.25) is 0 Å². The molecule has 6 nitrogen and oxygen atoms in total. The molecule has 0 spiro atoms. The first-order chi connectivity index (χ1) is 17.6. The van der Waals surface area contributed by atoms with Crippen LogP contribution >= 0.6 is 0 Å². The van der Waals surface area contributed by atoms with E-state index in [2.05, 4.69) is 23.0 Å². The Balaban J connectivity index is 1.89. The van der Waals surface area contributed by atoms with E-state index in [0.717, 1.165) is 69.0 Å². The molecule has 0 saturated heterocycles. The van der Waals surface area contributed by atoms with Crippen molar-refractivity contribution in [3.63, 3.8) is 0 Å². The van der Waals surface area contributed by atoms with E-state index in [4.69, 9.17) is 0 Å². The smallest absolute Gasteiger partial charge is 0.0706 e. The van der Waals surface area contributed by atoms with E-state index in [9.17, 15) is 20.4 Å². The average Bonchev–Trinajstić information content (AvgIpc) is 3.42. The minimum atomic E-state index is -0.150. The number of hydrogen-bond acceptors (Lipinski definition) is 4. The average molecular weight is 489 g/mol. The summed E-state index contributed by atoms with van der Waals surface area (Å²) in [6.45, 7) is 4.79. The molecule has 0 aliphatic heterocycles. The molecule has 0 atom stereocenters. The maximum Gasteiger partial charge on any atom is 0.0706 e. The molecule has 0 bridgehead atoms. The maximum atomic E-state index is 10.3. The lowest BCUT2D eigenvalue weighted by atomic mass is 10.0. The van der Waals surface area contributed by atoms with Gasteiger partial charge in [-0.3, -0.25) is 0 Å². The van der Waals surface area contributed by atoms with Gasteiger partial charge in [0.15, 0.2) is 0 Å². The Morgan fingerprint density at radius 1 is 0.500 bits per heavy atom. The number of rotatable bonds is 11. The summed E-state index contributed by atoms with van der Waals surface area (Å²) >= 11 is 0. The van der Waals surface area contributed by atoms with Crippen LogP contribution in [0.25, 0.3) is 22.5 Å². The van der Waals surface area contributed by atoms with Gasteiger partial charge in [-0.2, -0.15) is 0 Å². The van der Waals surface area contributed by atoms with Crippen LogP contribution in [0.5, 0.6) is 0 Å². The molecule has 190 valence electrons. The molecule has 0 aliphatic carbocycles. The van der Waals surface area contributed by atoms with Crippen molar-refractivity contribution >= 4 is 0 Å². The lowest BCUT2D eigenvalue weighted by molar-refractivity contribution is 0.260. The van der Waals surface area contributed by atoms with Gasteiger partial charge >= 0.3 is 0 Å². The van der Waals surface area contributed by atoms with Crippen LogP contribution in [0.15, 0.2) is 60.7 Å². The molecule has 2 heterocycles. The van der Waals surface area contributed by atoms with Crippen molar-refractivity contribution in [3.05, 3.63) is 94.3 Å². The summed E-state index contributed by atoms with van der Waals surface area (Å²) in [5.74, 6) is 0. The molecule has 36 heavy (non-hydrogen) atoms. The first kappa shape index (κ1) is 25.9. The molecule has 4 aromatic rings. The zero-order valence-corrected chi connectivity index (χ0v) is 21.1. The number of aliphatic hydroxyl groups is 4. The van der Waals surface area contributed by atoms with Crippen LogP contribution in [0.4, 0.5) is 0 Å². The van der Waals surface area contributed by atoms with Gasteiger partial charge in [0.05, 0.1) is 37.8 Å². The van der Waals surface area contributed by atoms with Crippen molar-refractivity contribution in [2.45, 2.75) is 66.2 Å². The van der Waals surface area contributed by atoms with E-state index in [-0.39, 0.29) is 26.4 Å². The summed E-state index contributed by atoms with van der Waals surface area (Å²) in [5, 5.41) is 41.1. The van der Waals surface area contributed by atoms with Crippen LogP contribution in [-0.4, -0.2) is 29.6 Å². The molecular formula is C30H36N2O4. The number of benzene rings is 2. The van der Waals surface area contributed by atoms with Gasteiger partial charge in [0.1, 0.15) is 0 Å². The normalized spacial score (nSPS) is 11.4. The Morgan fingerprint density at radius 3 is 1.11 bits per heavy atom. The van der Waals surface area contributed by atoms with Gasteiger partial charge in [0, 0.05) is 46.7 Å². The molecule has 6 heteroatoms. The maximum absolute atomic E-state index is 10.3. The lowest BCUT2D eigenvalue weighted by Gasteiger charge is -2.19. The highest BCUT2D eigenvalue weighted by atomic mass is 16.3. The third-order valence-electron chi connectivity index (χ3n) is 7.13. The van der Waals surface area contributed by atoms with Crippen molar-refractivity contribution < 1.29 is 20.4 Å². The van der Waals surface area contributed by atoms with Crippen LogP contribution in [0.1, 0.15) is 47.5 Å². The monoisotopic (exact) mass is 488 g/mol. The molecule has 2 aromatic heterocycles. The third-order valence-corrected chi connectivity index (χ3v) is 7.13. The van der Waals surface area contributed by atoms with E-state index in [1.54, 1.807) is 0 Å². The van der Waals surface area contributed by atoms with Gasteiger partial charge in [-0.15, -0.1) is 0 Å². The zero-order chi connectivity index (χ0) is 25.7. The van der Waals surface area contributed by atoms with Crippen LogP contribution < -0.4 is 0 Å². The Labute approximate surface area is 212 Å². The SMILES string of the molecule is CCc1c(CO)c(CO)c(-c2ccccc2)n1CCn1c(CC)c(CO)c(CO)c1-c1ccccc1. The number of hydrogen-bond donors (Lipinski definition) is 4. The number of aromatic nitrogens is 2. The highest BCUT2D eigenvalue weighted by molar-refractivity contribution is 5.69. The molecule has 4 rings (SSSR count). The summed E-state index contributed by atoms with van der Waals surface area (Å²) in [6, 6.07) is 20.0. The fourth-order valence-corrected chi connectivity index (χ4v) is 5.62. The highest BCUT2D eigenvalue weighted by Gasteiger charge is 2.25. The van der Waals surface area contributed by atoms with Crippen LogP contribution in [0.2, 0.25) is 0 Å². The second-order valence-corrected chi connectivity index (χ2v) is 8.88. The summed E-state index contributed by atoms with van der Waals surface area (Å²) in [6.07, 6.45) is 1.44. The molecule has 0 radical (unpaired) electrons. The van der Waals surface area contributed by atoms with Crippen molar-refractivity contribution in [1.82, 2.24) is 9.13 Å². The Bertz CT molecular complexity index is 1190. The summed E-state index contributed by atoms with van der Waals surface area (Å²) in [7, 11) is 0. The van der Waals surface area contributed by atoms with E-state index >= 15 is 0 Å². The largest absolute Gasteiger partial charge is 0.392 e. The van der Waals surface area contributed by atoms with Gasteiger partial charge in [-0.05, 0) is 24.0 Å². The molecule has 4 N–H and O–H groups in total. The van der Waals surface area contributed by atoms with Gasteiger partial charge < -0.3 is 29.6 Å². The Kier molecular flexibility index (Phi) is 8.44. The quantitative estimate of drug-likeness (QED) is 0.252. The van der Waals surface area contributed by atoms with E-state index in [0.29, 0.717) is 13.1 Å². The lowest BCUT2D eigenvalue weighted by Crippen LogP contribution is -2.14. The van der Waals surface area contributed by atoms with E-state index < -0.39 is 0 Å². The van der Waals surface area contributed by atoms with Crippen molar-refractivity contribution in [2.75, 3.05) is 0 Å². The first-order valence-electron chi connectivity index (χ1n) is 12.6. The predicted octanol–water partition coefficient (Wildman–Crippen LogP) is 4.42. The second-order valence-electron chi connectivity index (χ2n) is 8.88. The molecule has 0 saturated carbocycles. The fourth-order valence-electron chi connectivity index (χ4n) is 5.62. The predicted molar refractivity (Wildman–Crippen MR) is 142 cm³/mol. The van der Waals surface area contributed by atoms with Crippen molar-refractivity contribution in [2.24, 2.45) is 0 Å². The van der Waals surface area contributed by atoms with Crippen LogP contribution in [-0.2, 0) is 52.4 Å². The zero-order valence-electron chi connectivity index (χ0n) is 21.1. The molecular weight excluding hydrogens is 452 g/mol. The van der Waals surface area contributed by atoms with Gasteiger partial charge in [-0.25, -0.2) is 0 Å². The molecule has 2 aromatic carbocycles. The second kappa shape index (κ2) is 11.7. The first-order valence-corrected chi connectivity index (χ1v) is 12.6. The van der Waals surface area contributed by atoms with Crippen LogP contribution in [0, 0.1) is 0 Å². The van der Waals surface area contributed by atoms with Crippen molar-refractivity contribution in [3.8, 4) is 22.5 Å². The highest BCUT2D eigenvalue weighted by Crippen LogP contribution is 2.35. The standard InChI is InChI=1S/C30H36N2O4/c1-3-27-23(17-33)25(19-35)29(21-11-7-5-8-12-21)31(27)15-16-32-28(4-2)24(18-34)26(20-36)30(32)22-13-9-6-10-14-22/h5-14,33-36H,3-4,15-20H2,1-2H3. The van der Waals surface area contributed by atoms with Gasteiger partial charge in [-0.1, -0.05) is 74.5 Å².